The van der Waals surface area contributed by atoms with E-state index in [1.807, 2.05) is 4.68 Å². The maximum atomic E-state index is 5.63. The van der Waals surface area contributed by atoms with Crippen LogP contribution in [-0.4, -0.2) is 33.8 Å². The van der Waals surface area contributed by atoms with Crippen LogP contribution in [0, 0.1) is 0 Å². The molecule has 1 fully saturated rings. The molecule has 1 aliphatic carbocycles. The molecule has 4 heteroatoms. The summed E-state index contributed by atoms with van der Waals surface area (Å²) in [5.41, 5.74) is 6.80. The van der Waals surface area contributed by atoms with E-state index in [0.29, 0.717) is 6.04 Å². The smallest absolute Gasteiger partial charge is 0.0765 e. The molecule has 0 aliphatic heterocycles. The number of nitrogens with zero attached hydrogens (tertiary/aromatic N) is 3. The summed E-state index contributed by atoms with van der Waals surface area (Å²) in [4.78, 5) is 2.45. The molecule has 1 aliphatic rings. The number of aromatic nitrogens is 2. The van der Waals surface area contributed by atoms with Gasteiger partial charge < -0.3 is 5.73 Å². The van der Waals surface area contributed by atoms with Gasteiger partial charge in [0.25, 0.3) is 0 Å². The summed E-state index contributed by atoms with van der Waals surface area (Å²) in [6.45, 7) is 6.97. The SMILES string of the molecule is CC(C)n1ccc(CN(CCN)C2CC2)n1. The third-order valence-corrected chi connectivity index (χ3v) is 3.04. The van der Waals surface area contributed by atoms with Gasteiger partial charge in [0, 0.05) is 37.9 Å². The van der Waals surface area contributed by atoms with Crippen molar-refractivity contribution in [2.75, 3.05) is 13.1 Å². The first-order valence-corrected chi connectivity index (χ1v) is 6.19. The molecular formula is C12H22N4. The van der Waals surface area contributed by atoms with Crippen molar-refractivity contribution in [1.82, 2.24) is 14.7 Å². The Labute approximate surface area is 97.4 Å². The highest BCUT2D eigenvalue weighted by atomic mass is 15.3. The molecule has 16 heavy (non-hydrogen) atoms. The molecule has 1 aromatic heterocycles. The normalized spacial score (nSPS) is 16.3. The van der Waals surface area contributed by atoms with Crippen molar-refractivity contribution in [3.05, 3.63) is 18.0 Å². The highest BCUT2D eigenvalue weighted by molar-refractivity contribution is 5.01. The predicted molar refractivity (Wildman–Crippen MR) is 65.1 cm³/mol. The lowest BCUT2D eigenvalue weighted by molar-refractivity contribution is 0.258. The Morgan fingerprint density at radius 3 is 2.81 bits per heavy atom. The van der Waals surface area contributed by atoms with Crippen LogP contribution in [0.15, 0.2) is 12.3 Å². The third-order valence-electron chi connectivity index (χ3n) is 3.04. The summed E-state index contributed by atoms with van der Waals surface area (Å²) in [6.07, 6.45) is 4.71. The lowest BCUT2D eigenvalue weighted by Gasteiger charge is -2.19. The van der Waals surface area contributed by atoms with E-state index in [2.05, 4.69) is 36.1 Å². The van der Waals surface area contributed by atoms with Crippen molar-refractivity contribution in [3.8, 4) is 0 Å². The Morgan fingerprint density at radius 2 is 2.31 bits per heavy atom. The summed E-state index contributed by atoms with van der Waals surface area (Å²) in [7, 11) is 0. The predicted octanol–water partition coefficient (Wildman–Crippen LogP) is 1.39. The zero-order valence-corrected chi connectivity index (χ0v) is 10.3. The maximum absolute atomic E-state index is 5.63. The summed E-state index contributed by atoms with van der Waals surface area (Å²) >= 11 is 0. The van der Waals surface area contributed by atoms with Crippen LogP contribution in [0.3, 0.4) is 0 Å². The Bertz CT molecular complexity index is 328. The zero-order valence-electron chi connectivity index (χ0n) is 10.3. The number of hydrogen-bond donors (Lipinski definition) is 1. The fraction of sp³-hybridized carbons (Fsp3) is 0.750. The van der Waals surface area contributed by atoms with Gasteiger partial charge >= 0.3 is 0 Å². The highest BCUT2D eigenvalue weighted by Gasteiger charge is 2.28. The monoisotopic (exact) mass is 222 g/mol. The first kappa shape index (κ1) is 11.6. The first-order chi connectivity index (χ1) is 7.70. The Kier molecular flexibility index (Phi) is 3.61. The molecule has 0 aromatic carbocycles. The molecule has 90 valence electrons. The molecule has 2 N–H and O–H groups in total. The average molecular weight is 222 g/mol. The van der Waals surface area contributed by atoms with Gasteiger partial charge in [0.15, 0.2) is 0 Å². The third kappa shape index (κ3) is 2.83. The van der Waals surface area contributed by atoms with Crippen LogP contribution < -0.4 is 5.73 Å². The molecule has 1 heterocycles. The maximum Gasteiger partial charge on any atom is 0.0765 e. The second-order valence-corrected chi connectivity index (χ2v) is 4.87. The van der Waals surface area contributed by atoms with Gasteiger partial charge in [0.2, 0.25) is 0 Å². The van der Waals surface area contributed by atoms with E-state index >= 15 is 0 Å². The average Bonchev–Trinajstić information content (AvgIpc) is 2.98. The van der Waals surface area contributed by atoms with Crippen LogP contribution in [0.25, 0.3) is 0 Å². The van der Waals surface area contributed by atoms with Gasteiger partial charge in [-0.1, -0.05) is 0 Å². The fourth-order valence-corrected chi connectivity index (χ4v) is 1.95. The van der Waals surface area contributed by atoms with Crippen LogP contribution in [0.1, 0.15) is 38.4 Å². The van der Waals surface area contributed by atoms with E-state index in [1.54, 1.807) is 0 Å². The quantitative estimate of drug-likeness (QED) is 0.791. The van der Waals surface area contributed by atoms with Crippen molar-refractivity contribution in [1.29, 1.82) is 0 Å². The van der Waals surface area contributed by atoms with Crippen molar-refractivity contribution in [3.63, 3.8) is 0 Å². The van der Waals surface area contributed by atoms with Crippen LogP contribution in [0.2, 0.25) is 0 Å². The minimum absolute atomic E-state index is 0.442. The Balaban J connectivity index is 1.95. The summed E-state index contributed by atoms with van der Waals surface area (Å²) < 4.78 is 2.02. The molecule has 0 bridgehead atoms. The number of rotatable bonds is 6. The molecule has 0 amide bonds. The minimum atomic E-state index is 0.442. The second kappa shape index (κ2) is 4.97. The summed E-state index contributed by atoms with van der Waals surface area (Å²) in [5, 5.41) is 4.58. The number of hydrogen-bond acceptors (Lipinski definition) is 3. The largest absolute Gasteiger partial charge is 0.329 e. The Morgan fingerprint density at radius 1 is 1.56 bits per heavy atom. The van der Waals surface area contributed by atoms with Gasteiger partial charge in [-0.05, 0) is 32.8 Å². The van der Waals surface area contributed by atoms with Gasteiger partial charge in [-0.2, -0.15) is 5.10 Å². The molecule has 0 radical (unpaired) electrons. The molecule has 0 unspecified atom stereocenters. The molecular weight excluding hydrogens is 200 g/mol. The number of nitrogens with two attached hydrogens (primary N) is 1. The fourth-order valence-electron chi connectivity index (χ4n) is 1.95. The van der Waals surface area contributed by atoms with Crippen LogP contribution in [0.4, 0.5) is 0 Å². The van der Waals surface area contributed by atoms with Crippen LogP contribution >= 0.6 is 0 Å². The summed E-state index contributed by atoms with van der Waals surface area (Å²) in [6, 6.07) is 3.32. The molecule has 1 saturated carbocycles. The van der Waals surface area contributed by atoms with Crippen molar-refractivity contribution in [2.45, 2.75) is 45.3 Å². The van der Waals surface area contributed by atoms with E-state index in [0.717, 1.165) is 31.4 Å². The van der Waals surface area contributed by atoms with Gasteiger partial charge in [-0.25, -0.2) is 0 Å². The minimum Gasteiger partial charge on any atom is -0.329 e. The van der Waals surface area contributed by atoms with Crippen LogP contribution in [-0.2, 0) is 6.54 Å². The van der Waals surface area contributed by atoms with E-state index in [1.165, 1.54) is 12.8 Å². The lowest BCUT2D eigenvalue weighted by Crippen LogP contribution is -2.31. The second-order valence-electron chi connectivity index (χ2n) is 4.87. The van der Waals surface area contributed by atoms with Crippen LogP contribution in [0.5, 0.6) is 0 Å². The summed E-state index contributed by atoms with van der Waals surface area (Å²) in [5.74, 6) is 0. The first-order valence-electron chi connectivity index (χ1n) is 6.19. The van der Waals surface area contributed by atoms with E-state index in [-0.39, 0.29) is 0 Å². The Hall–Kier alpha value is -0.870. The topological polar surface area (TPSA) is 47.1 Å². The molecule has 0 spiro atoms. The van der Waals surface area contributed by atoms with E-state index in [4.69, 9.17) is 5.73 Å². The molecule has 0 atom stereocenters. The molecule has 0 saturated heterocycles. The van der Waals surface area contributed by atoms with Gasteiger partial charge in [-0.15, -0.1) is 0 Å². The van der Waals surface area contributed by atoms with Crippen molar-refractivity contribution < 1.29 is 0 Å². The van der Waals surface area contributed by atoms with Crippen molar-refractivity contribution in [2.24, 2.45) is 5.73 Å². The zero-order chi connectivity index (χ0) is 11.5. The van der Waals surface area contributed by atoms with Gasteiger partial charge in [0.1, 0.15) is 0 Å². The lowest BCUT2D eigenvalue weighted by atomic mass is 10.3. The molecule has 4 nitrogen and oxygen atoms in total. The van der Waals surface area contributed by atoms with E-state index < -0.39 is 0 Å². The molecule has 1 aromatic rings. The van der Waals surface area contributed by atoms with E-state index in [9.17, 15) is 0 Å². The van der Waals surface area contributed by atoms with Gasteiger partial charge in [-0.3, -0.25) is 9.58 Å². The van der Waals surface area contributed by atoms with Gasteiger partial charge in [0.05, 0.1) is 5.69 Å². The van der Waals surface area contributed by atoms with Crippen molar-refractivity contribution >= 4 is 0 Å². The highest BCUT2D eigenvalue weighted by Crippen LogP contribution is 2.27. The standard InChI is InChI=1S/C12H22N4/c1-10(2)16-7-5-11(14-16)9-15(8-6-13)12-3-4-12/h5,7,10,12H,3-4,6,8-9,13H2,1-2H3. The molecule has 2 rings (SSSR count).